The van der Waals surface area contributed by atoms with Gasteiger partial charge in [-0.15, -0.1) is 0 Å². The molecule has 3 aromatic carbocycles. The maximum Gasteiger partial charge on any atom is 0.252 e. The second-order valence-electron chi connectivity index (χ2n) is 11.3. The number of rotatable bonds is 8. The summed E-state index contributed by atoms with van der Waals surface area (Å²) in [4.78, 5) is 11.4. The molecule has 36 heavy (non-hydrogen) atoms. The zero-order valence-electron chi connectivity index (χ0n) is 21.0. The van der Waals surface area contributed by atoms with E-state index in [9.17, 15) is 4.79 Å². The predicted molar refractivity (Wildman–Crippen MR) is 142 cm³/mol. The predicted octanol–water partition coefficient (Wildman–Crippen LogP) is 7.82. The van der Waals surface area contributed by atoms with Crippen LogP contribution in [0.2, 0.25) is 0 Å². The lowest BCUT2D eigenvalue weighted by atomic mass is 9.47. The Labute approximate surface area is 217 Å². The Kier molecular flexibility index (Phi) is 6.10. The van der Waals surface area contributed by atoms with Crippen molar-refractivity contribution in [2.75, 3.05) is 13.9 Å². The summed E-state index contributed by atoms with van der Waals surface area (Å²) in [5.41, 5.74) is 2.67. The van der Waals surface area contributed by atoms with Crippen molar-refractivity contribution in [3.05, 3.63) is 66.2 Å². The van der Waals surface area contributed by atoms with Crippen molar-refractivity contribution in [2.24, 2.45) is 23.2 Å². The largest absolute Gasteiger partial charge is 0.467 e. The minimum atomic E-state index is -0.646. The Morgan fingerprint density at radius 2 is 1.64 bits per heavy atom. The summed E-state index contributed by atoms with van der Waals surface area (Å²) < 4.78 is 18.7. The van der Waals surface area contributed by atoms with E-state index in [2.05, 4.69) is 31.2 Å². The van der Waals surface area contributed by atoms with Crippen molar-refractivity contribution < 1.29 is 19.0 Å². The summed E-state index contributed by atoms with van der Waals surface area (Å²) in [5.74, 6) is 2.58. The van der Waals surface area contributed by atoms with Gasteiger partial charge >= 0.3 is 0 Å². The summed E-state index contributed by atoms with van der Waals surface area (Å²) in [6, 6.07) is 19.7. The first-order valence-electron chi connectivity index (χ1n) is 13.0. The number of methoxy groups -OCH3 is 1. The van der Waals surface area contributed by atoms with Gasteiger partial charge in [-0.25, -0.2) is 0 Å². The molecule has 3 aromatic rings. The number of halogens is 1. The monoisotopic (exact) mass is 504 g/mol. The van der Waals surface area contributed by atoms with Gasteiger partial charge in [-0.2, -0.15) is 0 Å². The fourth-order valence-corrected chi connectivity index (χ4v) is 7.81. The highest BCUT2D eigenvalue weighted by molar-refractivity contribution is 6.67. The average molecular weight is 505 g/mol. The molecule has 0 heterocycles. The van der Waals surface area contributed by atoms with Crippen molar-refractivity contribution in [3.63, 3.8) is 0 Å². The van der Waals surface area contributed by atoms with Gasteiger partial charge in [0.05, 0.1) is 0 Å². The quantitative estimate of drug-likeness (QED) is 0.232. The van der Waals surface area contributed by atoms with Crippen LogP contribution in [0.5, 0.6) is 5.75 Å². The SMILES string of the molecule is COC(C)(OCOc1ccc2cccc(-c3ccc(C(=O)Cl)cc3)c2c1)C12CC3CC(CC(C3)C1)C2. The van der Waals surface area contributed by atoms with Gasteiger partial charge in [-0.05, 0) is 121 Å². The molecule has 4 bridgehead atoms. The number of ether oxygens (including phenoxy) is 3. The molecule has 0 N–H and O–H groups in total. The maximum atomic E-state index is 11.4. The second kappa shape index (κ2) is 9.16. The molecule has 4 aliphatic carbocycles. The van der Waals surface area contributed by atoms with Gasteiger partial charge in [0.25, 0.3) is 5.24 Å². The van der Waals surface area contributed by atoms with Crippen LogP contribution in [0.15, 0.2) is 60.7 Å². The Balaban J connectivity index is 1.21. The van der Waals surface area contributed by atoms with Crippen molar-refractivity contribution in [3.8, 4) is 16.9 Å². The van der Waals surface area contributed by atoms with Gasteiger partial charge < -0.3 is 14.2 Å². The minimum absolute atomic E-state index is 0.0903. The zero-order chi connectivity index (χ0) is 24.9. The molecule has 0 aromatic heterocycles. The lowest BCUT2D eigenvalue weighted by molar-refractivity contribution is -0.325. The summed E-state index contributed by atoms with van der Waals surface area (Å²) in [5, 5.41) is 1.75. The lowest BCUT2D eigenvalue weighted by Gasteiger charge is -2.61. The number of carbonyl (C=O) groups is 1. The minimum Gasteiger partial charge on any atom is -0.467 e. The van der Waals surface area contributed by atoms with Gasteiger partial charge in [-0.3, -0.25) is 4.79 Å². The Hall–Kier alpha value is -2.40. The summed E-state index contributed by atoms with van der Waals surface area (Å²) in [6.07, 6.45) is 7.78. The number of hydrogen-bond acceptors (Lipinski definition) is 4. The van der Waals surface area contributed by atoms with E-state index in [0.29, 0.717) is 5.56 Å². The van der Waals surface area contributed by atoms with Crippen molar-refractivity contribution >= 4 is 27.6 Å². The molecule has 188 valence electrons. The smallest absolute Gasteiger partial charge is 0.252 e. The average Bonchev–Trinajstić information content (AvgIpc) is 2.87. The van der Waals surface area contributed by atoms with Crippen LogP contribution in [-0.4, -0.2) is 24.9 Å². The Bertz CT molecular complexity index is 1250. The third-order valence-electron chi connectivity index (χ3n) is 9.23. The molecule has 0 saturated heterocycles. The molecule has 4 fully saturated rings. The van der Waals surface area contributed by atoms with Gasteiger partial charge in [0.15, 0.2) is 12.6 Å². The standard InChI is InChI=1S/C31H33ClO4/c1-30(34-2,31-16-20-12-21(17-31)14-22(13-20)18-31)36-19-35-26-11-10-23-4-3-5-27(28(23)15-26)24-6-8-25(9-7-24)29(32)33/h3-11,15,20-22H,12-14,16-19H2,1-2H3. The molecular formula is C31H33ClO4. The first-order chi connectivity index (χ1) is 17.4. The molecule has 7 rings (SSSR count). The van der Waals surface area contributed by atoms with Crippen LogP contribution >= 0.6 is 11.6 Å². The molecule has 1 atom stereocenters. The van der Waals surface area contributed by atoms with E-state index in [1.807, 2.05) is 24.3 Å². The molecule has 4 nitrogen and oxygen atoms in total. The fourth-order valence-electron chi connectivity index (χ4n) is 7.68. The molecule has 1 unspecified atom stereocenters. The van der Waals surface area contributed by atoms with E-state index in [-0.39, 0.29) is 12.2 Å². The van der Waals surface area contributed by atoms with E-state index in [1.54, 1.807) is 19.2 Å². The fraction of sp³-hybridized carbons (Fsp3) is 0.452. The van der Waals surface area contributed by atoms with E-state index >= 15 is 0 Å². The first-order valence-corrected chi connectivity index (χ1v) is 13.4. The Morgan fingerprint density at radius 1 is 0.972 bits per heavy atom. The normalized spacial score (nSPS) is 28.2. The van der Waals surface area contributed by atoms with E-state index in [0.717, 1.165) is 45.4 Å². The molecule has 0 amide bonds. The summed E-state index contributed by atoms with van der Waals surface area (Å²) >= 11 is 5.62. The number of hydrogen-bond donors (Lipinski definition) is 0. The van der Waals surface area contributed by atoms with Gasteiger partial charge in [-0.1, -0.05) is 36.4 Å². The van der Waals surface area contributed by atoms with Gasteiger partial charge in [0.1, 0.15) is 5.75 Å². The molecule has 4 aliphatic rings. The topological polar surface area (TPSA) is 44.8 Å². The van der Waals surface area contributed by atoms with Crippen molar-refractivity contribution in [1.29, 1.82) is 0 Å². The number of benzene rings is 3. The second-order valence-corrected chi connectivity index (χ2v) is 11.6. The van der Waals surface area contributed by atoms with Crippen LogP contribution in [-0.2, 0) is 9.47 Å². The van der Waals surface area contributed by atoms with Gasteiger partial charge in [0.2, 0.25) is 0 Å². The van der Waals surface area contributed by atoms with Crippen LogP contribution in [0.3, 0.4) is 0 Å². The number of fused-ring (bicyclic) bond motifs is 1. The molecular weight excluding hydrogens is 472 g/mol. The van der Waals surface area contributed by atoms with Crippen LogP contribution in [0.1, 0.15) is 55.8 Å². The van der Waals surface area contributed by atoms with E-state index in [4.69, 9.17) is 25.8 Å². The lowest BCUT2D eigenvalue weighted by Crippen LogP contribution is -2.59. The molecule has 0 aliphatic heterocycles. The molecule has 0 radical (unpaired) electrons. The van der Waals surface area contributed by atoms with E-state index in [1.165, 1.54) is 38.5 Å². The van der Waals surface area contributed by atoms with Crippen LogP contribution in [0.4, 0.5) is 0 Å². The molecule has 5 heteroatoms. The Morgan fingerprint density at radius 3 is 2.25 bits per heavy atom. The number of carbonyl (C=O) groups excluding carboxylic acids is 1. The van der Waals surface area contributed by atoms with Crippen LogP contribution in [0.25, 0.3) is 21.9 Å². The first kappa shape index (κ1) is 24.0. The zero-order valence-corrected chi connectivity index (χ0v) is 21.7. The van der Waals surface area contributed by atoms with Crippen molar-refractivity contribution in [1.82, 2.24) is 0 Å². The summed E-state index contributed by atoms with van der Waals surface area (Å²) in [6.45, 7) is 2.27. The molecule has 4 saturated carbocycles. The van der Waals surface area contributed by atoms with Crippen LogP contribution < -0.4 is 4.74 Å². The third-order valence-corrected chi connectivity index (χ3v) is 9.45. The highest BCUT2D eigenvalue weighted by atomic mass is 35.5. The third kappa shape index (κ3) is 4.13. The maximum absolute atomic E-state index is 11.4. The van der Waals surface area contributed by atoms with Gasteiger partial charge in [0, 0.05) is 18.1 Å². The van der Waals surface area contributed by atoms with E-state index < -0.39 is 11.0 Å². The van der Waals surface area contributed by atoms with Crippen LogP contribution in [0, 0.1) is 23.2 Å². The highest BCUT2D eigenvalue weighted by Crippen LogP contribution is 2.64. The highest BCUT2D eigenvalue weighted by Gasteiger charge is 2.60. The van der Waals surface area contributed by atoms with Crippen molar-refractivity contribution in [2.45, 2.75) is 51.2 Å². The summed E-state index contributed by atoms with van der Waals surface area (Å²) in [7, 11) is 1.78. The molecule has 0 spiro atoms.